The average Bonchev–Trinajstić information content (AvgIpc) is 3.98. The zero-order chi connectivity index (χ0) is 31.9. The minimum absolute atomic E-state index is 0.906. The largest absolute Gasteiger partial charge is 0.354 e. The molecule has 9 rings (SSSR count). The number of nitrogens with zero attached hydrogens (tertiary/aromatic N) is 2. The third-order valence-electron chi connectivity index (χ3n) is 9.00. The Kier molecular flexibility index (Phi) is 6.76. The Hall–Kier alpha value is -6.52. The molecule has 0 radical (unpaired) electrons. The van der Waals surface area contributed by atoms with Gasteiger partial charge in [0.05, 0.1) is 22.8 Å². The third-order valence-corrected chi connectivity index (χ3v) is 9.00. The summed E-state index contributed by atoms with van der Waals surface area (Å²) in [4.78, 5) is 18.3. The SMILES string of the molecule is C1=Cc2nc1c(-c1ccccc1)c1ccc([nH]1)c(-c1ccccc1)c1nc([13c](-c3ccccc3)c3ccc([nH]3)c2-c2ccccc2)C=C1. The molecule has 0 saturated heterocycles. The normalized spacial score (nSPS) is 12.0. The van der Waals surface area contributed by atoms with E-state index in [4.69, 9.17) is 9.97 Å². The van der Waals surface area contributed by atoms with Crippen molar-refractivity contribution < 1.29 is 0 Å². The van der Waals surface area contributed by atoms with E-state index < -0.39 is 0 Å². The Morgan fingerprint density at radius 3 is 0.729 bits per heavy atom. The first-order valence-corrected chi connectivity index (χ1v) is 16.2. The first-order valence-electron chi connectivity index (χ1n) is 16.2. The smallest absolute Gasteiger partial charge is 0.0737 e. The highest BCUT2D eigenvalue weighted by Crippen LogP contribution is 2.38. The summed E-state index contributed by atoms with van der Waals surface area (Å²) in [5.74, 6) is 0. The monoisotopic (exact) mass is 615 g/mol. The van der Waals surface area contributed by atoms with Gasteiger partial charge in [-0.25, -0.2) is 9.97 Å². The lowest BCUT2D eigenvalue weighted by atomic mass is 10.0. The van der Waals surface area contributed by atoms with E-state index in [2.05, 4.69) is 156 Å². The molecule has 8 bridgehead atoms. The molecule has 0 saturated carbocycles. The Bertz CT molecular complexity index is 2170. The van der Waals surface area contributed by atoms with Gasteiger partial charge in [0, 0.05) is 44.3 Å². The van der Waals surface area contributed by atoms with Crippen LogP contribution in [-0.4, -0.2) is 19.9 Å². The standard InChI is InChI=1S/C44H30N4/c1-5-13-29(14-6-1)41-33-21-23-35(45-33)42(30-15-7-2-8-16-30)37-25-27-39(47-37)44(32-19-11-4-12-20-32)40-28-26-38(48-40)43(31-17-9-3-10-18-31)36-24-22-34(41)46-36/h1-28,45,48H/i41+1. The summed E-state index contributed by atoms with van der Waals surface area (Å²) in [6.45, 7) is 0. The molecule has 4 nitrogen and oxygen atoms in total. The second-order valence-electron chi connectivity index (χ2n) is 12.0. The quantitative estimate of drug-likeness (QED) is 0.207. The first kappa shape index (κ1) is 27.8. The van der Waals surface area contributed by atoms with Crippen LogP contribution in [0, 0.1) is 0 Å². The van der Waals surface area contributed by atoms with Crippen molar-refractivity contribution >= 4 is 46.4 Å². The van der Waals surface area contributed by atoms with E-state index in [0.29, 0.717) is 0 Å². The van der Waals surface area contributed by atoms with Gasteiger partial charge in [0.1, 0.15) is 0 Å². The Labute approximate surface area is 278 Å². The van der Waals surface area contributed by atoms with Crippen molar-refractivity contribution in [2.24, 2.45) is 0 Å². The predicted octanol–water partition coefficient (Wildman–Crippen LogP) is 11.3. The second-order valence-corrected chi connectivity index (χ2v) is 12.0. The summed E-state index contributed by atoms with van der Waals surface area (Å²) < 4.78 is 0. The molecule has 7 aromatic rings. The van der Waals surface area contributed by atoms with Crippen LogP contribution in [0.5, 0.6) is 0 Å². The molecule has 2 N–H and O–H groups in total. The van der Waals surface area contributed by atoms with Crippen LogP contribution in [0.25, 0.3) is 90.9 Å². The van der Waals surface area contributed by atoms with Crippen molar-refractivity contribution in [3.63, 3.8) is 0 Å². The van der Waals surface area contributed by atoms with Crippen molar-refractivity contribution in [2.75, 3.05) is 0 Å². The fourth-order valence-corrected chi connectivity index (χ4v) is 6.84. The van der Waals surface area contributed by atoms with Crippen LogP contribution in [-0.2, 0) is 0 Å². The molecule has 226 valence electrons. The van der Waals surface area contributed by atoms with Crippen molar-refractivity contribution in [1.82, 2.24) is 19.9 Å². The predicted molar refractivity (Wildman–Crippen MR) is 201 cm³/mol. The van der Waals surface area contributed by atoms with Crippen molar-refractivity contribution in [3.05, 3.63) is 168 Å². The van der Waals surface area contributed by atoms with Crippen molar-refractivity contribution in [3.8, 4) is 44.5 Å². The molecule has 0 amide bonds. The van der Waals surface area contributed by atoms with Gasteiger partial charge in [-0.15, -0.1) is 0 Å². The molecule has 4 aromatic carbocycles. The second kappa shape index (κ2) is 11.7. The number of rotatable bonds is 4. The molecule has 0 fully saturated rings. The molecule has 2 aliphatic heterocycles. The maximum absolute atomic E-state index is 5.35. The van der Waals surface area contributed by atoms with E-state index >= 15 is 0 Å². The molecule has 0 unspecified atom stereocenters. The van der Waals surface area contributed by atoms with Gasteiger partial charge in [-0.3, -0.25) is 0 Å². The number of H-pyrrole nitrogens is 2. The molecule has 3 aromatic heterocycles. The van der Waals surface area contributed by atoms with Crippen LogP contribution < -0.4 is 0 Å². The number of aromatic amines is 2. The molecular formula is C44H30N4. The van der Waals surface area contributed by atoms with Gasteiger partial charge in [-0.2, -0.15) is 0 Å². The maximum Gasteiger partial charge on any atom is 0.0737 e. The Morgan fingerprint density at radius 1 is 0.271 bits per heavy atom. The molecule has 0 aliphatic carbocycles. The molecule has 0 atom stereocenters. The minimum atomic E-state index is 0.906. The summed E-state index contributed by atoms with van der Waals surface area (Å²) >= 11 is 0. The molecule has 0 spiro atoms. The van der Waals surface area contributed by atoms with E-state index in [1.54, 1.807) is 0 Å². The lowest BCUT2D eigenvalue weighted by molar-refractivity contribution is 1.31. The van der Waals surface area contributed by atoms with Crippen LogP contribution in [0.2, 0.25) is 0 Å². The highest BCUT2D eigenvalue weighted by molar-refractivity contribution is 5.99. The average molecular weight is 616 g/mol. The van der Waals surface area contributed by atoms with Crippen molar-refractivity contribution in [1.29, 1.82) is 0 Å². The summed E-state index contributed by atoms with van der Waals surface area (Å²) in [5.41, 5.74) is 16.2. The van der Waals surface area contributed by atoms with Crippen LogP contribution in [0.1, 0.15) is 22.8 Å². The first-order chi connectivity index (χ1) is 23.8. The molecule has 2 aliphatic rings. The fraction of sp³-hybridized carbons (Fsp3) is 0. The lowest BCUT2D eigenvalue weighted by Gasteiger charge is -2.07. The van der Waals surface area contributed by atoms with Crippen LogP contribution in [0.3, 0.4) is 0 Å². The van der Waals surface area contributed by atoms with Crippen molar-refractivity contribution in [2.45, 2.75) is 0 Å². The summed E-state index contributed by atoms with van der Waals surface area (Å²) in [6, 6.07) is 50.7. The van der Waals surface area contributed by atoms with Crippen LogP contribution in [0.4, 0.5) is 0 Å². The maximum atomic E-state index is 5.35. The van der Waals surface area contributed by atoms with E-state index in [1.165, 1.54) is 0 Å². The van der Waals surface area contributed by atoms with Gasteiger partial charge in [-0.1, -0.05) is 121 Å². The Morgan fingerprint density at radius 2 is 0.500 bits per heavy atom. The van der Waals surface area contributed by atoms with Gasteiger partial charge >= 0.3 is 0 Å². The highest BCUT2D eigenvalue weighted by Gasteiger charge is 2.18. The van der Waals surface area contributed by atoms with E-state index in [1.807, 2.05) is 24.3 Å². The minimum Gasteiger partial charge on any atom is -0.354 e. The van der Waals surface area contributed by atoms with Gasteiger partial charge in [0.25, 0.3) is 0 Å². The van der Waals surface area contributed by atoms with Crippen LogP contribution >= 0.6 is 0 Å². The molecule has 48 heavy (non-hydrogen) atoms. The number of benzene rings is 4. The van der Waals surface area contributed by atoms with Gasteiger partial charge in [0.15, 0.2) is 0 Å². The number of nitrogens with one attached hydrogen (secondary N) is 2. The number of aromatic nitrogens is 4. The highest BCUT2D eigenvalue weighted by atomic mass is 14.8. The molecular weight excluding hydrogens is 586 g/mol. The van der Waals surface area contributed by atoms with Gasteiger partial charge < -0.3 is 9.97 Å². The zero-order valence-electron chi connectivity index (χ0n) is 26.1. The van der Waals surface area contributed by atoms with Gasteiger partial charge in [0.2, 0.25) is 0 Å². The summed E-state index contributed by atoms with van der Waals surface area (Å²) in [7, 11) is 0. The van der Waals surface area contributed by atoms with Gasteiger partial charge in [-0.05, 0) is 70.8 Å². The molecule has 4 heteroatoms. The Balaban J connectivity index is 1.49. The van der Waals surface area contributed by atoms with E-state index in [-0.39, 0.29) is 0 Å². The zero-order valence-corrected chi connectivity index (χ0v) is 26.1. The fourth-order valence-electron chi connectivity index (χ4n) is 6.84. The third kappa shape index (κ3) is 4.88. The van der Waals surface area contributed by atoms with Crippen LogP contribution in [0.15, 0.2) is 146 Å². The number of hydrogen-bond acceptors (Lipinski definition) is 2. The number of hydrogen-bond donors (Lipinski definition) is 2. The summed E-state index contributed by atoms with van der Waals surface area (Å²) in [6.07, 6.45) is 8.54. The van der Waals surface area contributed by atoms with E-state index in [9.17, 15) is 0 Å². The lowest BCUT2D eigenvalue weighted by Crippen LogP contribution is -1.89. The molecule has 5 heterocycles. The van der Waals surface area contributed by atoms with E-state index in [0.717, 1.165) is 89.4 Å². The number of fused-ring (bicyclic) bond motifs is 8. The summed E-state index contributed by atoms with van der Waals surface area (Å²) in [5, 5.41) is 0. The topological polar surface area (TPSA) is 57.4 Å².